The number of hydrogen-bond acceptors (Lipinski definition) is 6. The van der Waals surface area contributed by atoms with Gasteiger partial charge in [0, 0.05) is 24.5 Å². The Balaban J connectivity index is 1.42. The number of aryl methyl sites for hydroxylation is 2. The van der Waals surface area contributed by atoms with E-state index in [-0.39, 0.29) is 17.3 Å². The molecule has 5 aromatic rings. The van der Waals surface area contributed by atoms with Crippen LogP contribution in [-0.2, 0) is 7.05 Å². The first-order valence-electron chi connectivity index (χ1n) is 10.2. The highest BCUT2D eigenvalue weighted by Gasteiger charge is 2.18. The molecule has 3 N–H and O–H groups in total. The predicted octanol–water partition coefficient (Wildman–Crippen LogP) is 2.61. The van der Waals surface area contributed by atoms with E-state index in [2.05, 4.69) is 15.4 Å². The number of benzene rings is 2. The van der Waals surface area contributed by atoms with Crippen LogP contribution >= 0.6 is 11.3 Å². The molecular formula is C23H19N7O3S. The number of carbonyl (C=O) groups is 2. The van der Waals surface area contributed by atoms with Crippen LogP contribution in [0.25, 0.3) is 21.0 Å². The summed E-state index contributed by atoms with van der Waals surface area (Å²) in [4.78, 5) is 42.4. The number of hydrogen-bond donors (Lipinski definition) is 2. The van der Waals surface area contributed by atoms with Crippen LogP contribution < -0.4 is 16.7 Å². The molecule has 3 aromatic heterocycles. The Morgan fingerprint density at radius 2 is 1.88 bits per heavy atom. The van der Waals surface area contributed by atoms with Gasteiger partial charge in [-0.05, 0) is 42.8 Å². The van der Waals surface area contributed by atoms with Gasteiger partial charge in [0.05, 0.1) is 10.6 Å². The third-order valence-electron chi connectivity index (χ3n) is 5.33. The van der Waals surface area contributed by atoms with Crippen LogP contribution in [0.4, 0.5) is 5.69 Å². The number of carbonyl (C=O) groups excluding carboxylic acids is 2. The van der Waals surface area contributed by atoms with Gasteiger partial charge in [-0.1, -0.05) is 18.2 Å². The Kier molecular flexibility index (Phi) is 5.10. The van der Waals surface area contributed by atoms with Gasteiger partial charge in [0.1, 0.15) is 17.0 Å². The zero-order valence-electron chi connectivity index (χ0n) is 18.2. The lowest BCUT2D eigenvalue weighted by Gasteiger charge is -2.05. The lowest BCUT2D eigenvalue weighted by molar-refractivity contribution is 0.0996. The van der Waals surface area contributed by atoms with Gasteiger partial charge >= 0.3 is 5.69 Å². The van der Waals surface area contributed by atoms with E-state index in [1.807, 2.05) is 30.5 Å². The van der Waals surface area contributed by atoms with Gasteiger partial charge in [-0.25, -0.2) is 19.0 Å². The Bertz CT molecular complexity index is 1620. The lowest BCUT2D eigenvalue weighted by Crippen LogP contribution is -2.21. The average Bonchev–Trinajstić information content (AvgIpc) is 3.47. The van der Waals surface area contributed by atoms with Gasteiger partial charge in [-0.15, -0.1) is 11.3 Å². The summed E-state index contributed by atoms with van der Waals surface area (Å²) in [5.74, 6) is -0.356. The molecule has 11 heteroatoms. The van der Waals surface area contributed by atoms with Crippen molar-refractivity contribution in [3.8, 4) is 16.1 Å². The third kappa shape index (κ3) is 3.67. The maximum absolute atomic E-state index is 12.8. The van der Waals surface area contributed by atoms with Crippen LogP contribution in [0.3, 0.4) is 0 Å². The maximum atomic E-state index is 12.8. The van der Waals surface area contributed by atoms with Crippen molar-refractivity contribution in [2.75, 3.05) is 5.32 Å². The van der Waals surface area contributed by atoms with E-state index < -0.39 is 5.91 Å². The highest BCUT2D eigenvalue weighted by Crippen LogP contribution is 2.31. The summed E-state index contributed by atoms with van der Waals surface area (Å²) in [5, 5.41) is 6.92. The normalized spacial score (nSPS) is 11.1. The van der Waals surface area contributed by atoms with Crippen LogP contribution in [0.5, 0.6) is 0 Å². The minimum absolute atomic E-state index is 0.210. The molecule has 0 aliphatic carbocycles. The summed E-state index contributed by atoms with van der Waals surface area (Å²) in [7, 11) is 1.62. The zero-order valence-corrected chi connectivity index (χ0v) is 19.0. The van der Waals surface area contributed by atoms with Crippen LogP contribution in [0, 0.1) is 6.92 Å². The standard InChI is InChI=1S/C23H19N7O3S/c1-13-27-28(2)23(33)30(13)17-8-6-14(7-9-17)18-11-29-12-25-19(22(29)34-18)21(32)26-16-5-3-4-15(10-16)20(24)31/h3-12H,1-2H3,(H2,24,31)(H,26,32). The van der Waals surface area contributed by atoms with Gasteiger partial charge in [0.2, 0.25) is 5.91 Å². The van der Waals surface area contributed by atoms with Crippen LogP contribution in [0.2, 0.25) is 0 Å². The molecule has 2 aromatic carbocycles. The average molecular weight is 474 g/mol. The molecule has 10 nitrogen and oxygen atoms in total. The molecule has 170 valence electrons. The van der Waals surface area contributed by atoms with Gasteiger partial charge in [0.25, 0.3) is 5.91 Å². The molecule has 0 saturated carbocycles. The number of amides is 2. The number of imidazole rings is 1. The van der Waals surface area contributed by atoms with E-state index in [0.717, 1.165) is 16.1 Å². The maximum Gasteiger partial charge on any atom is 0.350 e. The quantitative estimate of drug-likeness (QED) is 0.405. The molecule has 0 bridgehead atoms. The first kappa shape index (κ1) is 21.3. The highest BCUT2D eigenvalue weighted by atomic mass is 32.1. The van der Waals surface area contributed by atoms with E-state index in [0.29, 0.717) is 21.9 Å². The summed E-state index contributed by atoms with van der Waals surface area (Å²) < 4.78 is 4.64. The molecule has 3 heterocycles. The molecule has 0 aliphatic rings. The zero-order chi connectivity index (χ0) is 24.0. The van der Waals surface area contributed by atoms with Crippen molar-refractivity contribution in [2.45, 2.75) is 6.92 Å². The van der Waals surface area contributed by atoms with Crippen molar-refractivity contribution in [2.24, 2.45) is 12.8 Å². The second-order valence-electron chi connectivity index (χ2n) is 7.64. The number of nitrogens with zero attached hydrogens (tertiary/aromatic N) is 5. The van der Waals surface area contributed by atoms with Crippen molar-refractivity contribution < 1.29 is 9.59 Å². The molecule has 0 radical (unpaired) electrons. The molecule has 0 unspecified atom stereocenters. The fourth-order valence-corrected chi connectivity index (χ4v) is 4.77. The summed E-state index contributed by atoms with van der Waals surface area (Å²) in [5.41, 5.74) is 7.80. The van der Waals surface area contributed by atoms with Gasteiger partial charge in [0.15, 0.2) is 5.69 Å². The van der Waals surface area contributed by atoms with E-state index >= 15 is 0 Å². The summed E-state index contributed by atoms with van der Waals surface area (Å²) in [6, 6.07) is 14.0. The number of aromatic nitrogens is 5. The Labute approximate surface area is 196 Å². The highest BCUT2D eigenvalue weighted by molar-refractivity contribution is 7.21. The first-order valence-corrected chi connectivity index (χ1v) is 11.0. The lowest BCUT2D eigenvalue weighted by atomic mass is 10.2. The molecule has 0 atom stereocenters. The summed E-state index contributed by atoms with van der Waals surface area (Å²) in [6.07, 6.45) is 3.48. The molecule has 2 amide bonds. The van der Waals surface area contributed by atoms with E-state index in [1.54, 1.807) is 47.5 Å². The summed E-state index contributed by atoms with van der Waals surface area (Å²) in [6.45, 7) is 1.78. The van der Waals surface area contributed by atoms with E-state index in [4.69, 9.17) is 5.73 Å². The molecule has 0 spiro atoms. The Morgan fingerprint density at radius 3 is 2.56 bits per heavy atom. The topological polar surface area (TPSA) is 129 Å². The van der Waals surface area contributed by atoms with Crippen LogP contribution in [-0.4, -0.2) is 35.5 Å². The first-order chi connectivity index (χ1) is 16.3. The number of fused-ring (bicyclic) bond motifs is 1. The largest absolute Gasteiger partial charge is 0.366 e. The second kappa shape index (κ2) is 8.12. The van der Waals surface area contributed by atoms with Crippen molar-refractivity contribution in [3.63, 3.8) is 0 Å². The van der Waals surface area contributed by atoms with Crippen molar-refractivity contribution >= 4 is 33.7 Å². The molecule has 34 heavy (non-hydrogen) atoms. The number of primary amides is 1. The number of anilines is 1. The SMILES string of the molecule is Cc1nn(C)c(=O)n1-c1ccc(-c2cn3cnc(C(=O)Nc4cccc(C(N)=O)c4)c3s2)cc1. The number of thiazole rings is 1. The smallest absolute Gasteiger partial charge is 0.350 e. The molecular weight excluding hydrogens is 454 g/mol. The summed E-state index contributed by atoms with van der Waals surface area (Å²) >= 11 is 1.42. The third-order valence-corrected chi connectivity index (χ3v) is 6.49. The fraction of sp³-hybridized carbons (Fsp3) is 0.0870. The molecule has 0 saturated heterocycles. The van der Waals surface area contributed by atoms with Crippen molar-refractivity contribution in [1.82, 2.24) is 23.7 Å². The predicted molar refractivity (Wildman–Crippen MR) is 129 cm³/mol. The van der Waals surface area contributed by atoms with Crippen molar-refractivity contribution in [3.05, 3.63) is 88.6 Å². The number of rotatable bonds is 5. The monoisotopic (exact) mass is 473 g/mol. The molecule has 5 rings (SSSR count). The number of nitrogens with one attached hydrogen (secondary N) is 1. The van der Waals surface area contributed by atoms with E-state index in [9.17, 15) is 14.4 Å². The Morgan fingerprint density at radius 1 is 1.12 bits per heavy atom. The van der Waals surface area contributed by atoms with Gasteiger partial charge in [-0.3, -0.25) is 14.0 Å². The minimum atomic E-state index is -0.571. The van der Waals surface area contributed by atoms with Crippen molar-refractivity contribution in [1.29, 1.82) is 0 Å². The fourth-order valence-electron chi connectivity index (χ4n) is 3.69. The van der Waals surface area contributed by atoms with Gasteiger partial charge < -0.3 is 11.1 Å². The second-order valence-corrected chi connectivity index (χ2v) is 8.67. The van der Waals surface area contributed by atoms with E-state index in [1.165, 1.54) is 22.1 Å². The molecule has 0 fully saturated rings. The molecule has 0 aliphatic heterocycles. The Hall–Kier alpha value is -4.51. The van der Waals surface area contributed by atoms with Crippen LogP contribution in [0.1, 0.15) is 26.7 Å². The van der Waals surface area contributed by atoms with Crippen LogP contribution in [0.15, 0.2) is 65.8 Å². The minimum Gasteiger partial charge on any atom is -0.366 e. The number of nitrogens with two attached hydrogens (primary N) is 1. The van der Waals surface area contributed by atoms with Gasteiger partial charge in [-0.2, -0.15) is 5.10 Å².